The van der Waals surface area contributed by atoms with Crippen molar-refractivity contribution in [2.45, 2.75) is 55.1 Å². The number of hydrogen-bond acceptors (Lipinski definition) is 10. The fraction of sp³-hybridized carbons (Fsp3) is 1.00. The van der Waals surface area contributed by atoms with E-state index in [1.807, 2.05) is 0 Å². The molecule has 2 saturated heterocycles. The van der Waals surface area contributed by atoms with Crippen LogP contribution in [0.4, 0.5) is 0 Å². The summed E-state index contributed by atoms with van der Waals surface area (Å²) >= 11 is 3.98. The van der Waals surface area contributed by atoms with Gasteiger partial charge >= 0.3 is 0 Å². The predicted octanol–water partition coefficient (Wildman–Crippen LogP) is -3.78. The van der Waals surface area contributed by atoms with Crippen LogP contribution in [-0.2, 0) is 14.2 Å². The number of aliphatic hydroxyl groups excluding tert-OH is 6. The first kappa shape index (κ1) is 18.3. The van der Waals surface area contributed by atoms with Gasteiger partial charge in [-0.1, -0.05) is 0 Å². The second kappa shape index (κ2) is 7.71. The van der Waals surface area contributed by atoms with Crippen LogP contribution in [0.1, 0.15) is 0 Å². The molecule has 0 aromatic rings. The molecular weight excluding hydrogens is 320 g/mol. The highest BCUT2D eigenvalue weighted by Crippen LogP contribution is 2.27. The molecular formula is C12H22O9S. The van der Waals surface area contributed by atoms with E-state index in [1.165, 1.54) is 0 Å². The molecule has 0 aromatic carbocycles. The smallest absolute Gasteiger partial charge is 0.187 e. The van der Waals surface area contributed by atoms with Crippen molar-refractivity contribution < 1.29 is 44.8 Å². The highest BCUT2D eigenvalue weighted by Gasteiger charge is 2.48. The fourth-order valence-electron chi connectivity index (χ4n) is 2.51. The van der Waals surface area contributed by atoms with Crippen LogP contribution in [0.2, 0.25) is 0 Å². The second-order valence-electron chi connectivity index (χ2n) is 5.41. The van der Waals surface area contributed by atoms with Crippen molar-refractivity contribution >= 4 is 12.6 Å². The quantitative estimate of drug-likeness (QED) is 0.256. The molecule has 2 aliphatic rings. The van der Waals surface area contributed by atoms with Crippen molar-refractivity contribution in [2.75, 3.05) is 19.0 Å². The Morgan fingerprint density at radius 2 is 1.64 bits per heavy atom. The molecule has 22 heavy (non-hydrogen) atoms. The Kier molecular flexibility index (Phi) is 6.42. The van der Waals surface area contributed by atoms with Crippen LogP contribution in [0.15, 0.2) is 0 Å². The zero-order valence-electron chi connectivity index (χ0n) is 11.7. The molecule has 6 N–H and O–H groups in total. The van der Waals surface area contributed by atoms with Gasteiger partial charge in [-0.2, -0.15) is 12.6 Å². The lowest BCUT2D eigenvalue weighted by Gasteiger charge is -2.44. The Bertz CT molecular complexity index is 355. The Morgan fingerprint density at radius 1 is 0.955 bits per heavy atom. The summed E-state index contributed by atoms with van der Waals surface area (Å²) in [6, 6.07) is 0. The molecule has 0 amide bonds. The zero-order valence-corrected chi connectivity index (χ0v) is 12.6. The van der Waals surface area contributed by atoms with E-state index in [4.69, 9.17) is 14.2 Å². The fourth-order valence-corrected chi connectivity index (χ4v) is 2.82. The van der Waals surface area contributed by atoms with Gasteiger partial charge in [0.2, 0.25) is 0 Å². The summed E-state index contributed by atoms with van der Waals surface area (Å²) in [6.45, 7) is -0.640. The molecule has 10 heteroatoms. The number of rotatable bonds is 4. The van der Waals surface area contributed by atoms with E-state index < -0.39 is 61.7 Å². The molecule has 2 rings (SSSR count). The number of hydrogen-bond donors (Lipinski definition) is 7. The van der Waals surface area contributed by atoms with Crippen LogP contribution in [0.25, 0.3) is 0 Å². The molecule has 0 aliphatic carbocycles. The minimum atomic E-state index is -1.57. The lowest BCUT2D eigenvalue weighted by atomic mass is 9.98. The average Bonchev–Trinajstić information content (AvgIpc) is 2.52. The third kappa shape index (κ3) is 3.56. The average molecular weight is 342 g/mol. The molecule has 0 spiro atoms. The Balaban J connectivity index is 2.09. The summed E-state index contributed by atoms with van der Waals surface area (Å²) in [7, 11) is 0. The maximum atomic E-state index is 9.97. The molecule has 2 heterocycles. The maximum absolute atomic E-state index is 9.97. The summed E-state index contributed by atoms with van der Waals surface area (Å²) < 4.78 is 15.9. The number of aliphatic hydroxyl groups is 6. The lowest BCUT2D eigenvalue weighted by Crippen LogP contribution is -2.62. The van der Waals surface area contributed by atoms with Gasteiger partial charge in [-0.25, -0.2) is 0 Å². The predicted molar refractivity (Wildman–Crippen MR) is 74.2 cm³/mol. The summed E-state index contributed by atoms with van der Waals surface area (Å²) in [6.07, 6.45) is -11.4. The largest absolute Gasteiger partial charge is 0.394 e. The molecule has 9 nitrogen and oxygen atoms in total. The first-order valence-corrected chi connectivity index (χ1v) is 7.58. The molecule has 0 bridgehead atoms. The van der Waals surface area contributed by atoms with Gasteiger partial charge in [0.05, 0.1) is 19.3 Å². The summed E-state index contributed by atoms with van der Waals surface area (Å²) in [5, 5.41) is 58.3. The molecule has 130 valence electrons. The van der Waals surface area contributed by atoms with Gasteiger partial charge < -0.3 is 44.8 Å². The standard InChI is InChI=1S/C12H22O9S/c13-1-5-11(7(15)4(14)2-19-5)21-12-10(18)9(17)8(16)6(3-22)20-12/h4-18,22H,1-3H2. The highest BCUT2D eigenvalue weighted by molar-refractivity contribution is 7.80. The van der Waals surface area contributed by atoms with E-state index in [1.54, 1.807) is 0 Å². The van der Waals surface area contributed by atoms with E-state index in [-0.39, 0.29) is 12.4 Å². The molecule has 0 aromatic heterocycles. The van der Waals surface area contributed by atoms with Crippen molar-refractivity contribution in [3.8, 4) is 0 Å². The van der Waals surface area contributed by atoms with E-state index in [0.717, 1.165) is 0 Å². The molecule has 2 aliphatic heterocycles. The number of ether oxygens (including phenoxy) is 3. The van der Waals surface area contributed by atoms with Crippen LogP contribution < -0.4 is 0 Å². The Morgan fingerprint density at radius 3 is 2.23 bits per heavy atom. The van der Waals surface area contributed by atoms with Gasteiger partial charge in [0.25, 0.3) is 0 Å². The van der Waals surface area contributed by atoms with E-state index in [2.05, 4.69) is 12.6 Å². The van der Waals surface area contributed by atoms with Gasteiger partial charge in [-0.05, 0) is 0 Å². The SMILES string of the molecule is OCC1OCC(O)C(O)C1OC1OC(CS)C(O)C(O)C1O. The van der Waals surface area contributed by atoms with Gasteiger partial charge in [-0.15, -0.1) is 0 Å². The Hall–Kier alpha value is -0.0100. The molecule has 2 fully saturated rings. The first-order valence-electron chi connectivity index (χ1n) is 6.95. The minimum Gasteiger partial charge on any atom is -0.394 e. The van der Waals surface area contributed by atoms with E-state index in [0.29, 0.717) is 0 Å². The van der Waals surface area contributed by atoms with Gasteiger partial charge in [0, 0.05) is 5.75 Å². The van der Waals surface area contributed by atoms with Gasteiger partial charge in [0.15, 0.2) is 6.29 Å². The summed E-state index contributed by atoms with van der Waals surface area (Å²) in [5.41, 5.74) is 0. The summed E-state index contributed by atoms with van der Waals surface area (Å²) in [4.78, 5) is 0. The maximum Gasteiger partial charge on any atom is 0.187 e. The second-order valence-corrected chi connectivity index (χ2v) is 5.78. The van der Waals surface area contributed by atoms with Crippen LogP contribution in [0.5, 0.6) is 0 Å². The third-order valence-corrected chi connectivity index (χ3v) is 4.26. The van der Waals surface area contributed by atoms with Crippen LogP contribution in [0.3, 0.4) is 0 Å². The molecule has 0 saturated carbocycles. The molecule has 9 atom stereocenters. The summed E-state index contributed by atoms with van der Waals surface area (Å²) in [5.74, 6) is 0.0700. The van der Waals surface area contributed by atoms with Crippen molar-refractivity contribution in [3.63, 3.8) is 0 Å². The van der Waals surface area contributed by atoms with Crippen molar-refractivity contribution in [1.82, 2.24) is 0 Å². The van der Waals surface area contributed by atoms with Gasteiger partial charge in [-0.3, -0.25) is 0 Å². The highest BCUT2D eigenvalue weighted by atomic mass is 32.1. The molecule has 9 unspecified atom stereocenters. The van der Waals surface area contributed by atoms with Crippen LogP contribution in [-0.4, -0.2) is 105 Å². The molecule has 0 radical (unpaired) electrons. The lowest BCUT2D eigenvalue weighted by molar-refractivity contribution is -0.330. The van der Waals surface area contributed by atoms with Gasteiger partial charge in [0.1, 0.15) is 42.7 Å². The normalized spacial score (nSPS) is 50.0. The topological polar surface area (TPSA) is 149 Å². The van der Waals surface area contributed by atoms with E-state index >= 15 is 0 Å². The van der Waals surface area contributed by atoms with Crippen LogP contribution in [0, 0.1) is 0 Å². The van der Waals surface area contributed by atoms with E-state index in [9.17, 15) is 30.6 Å². The third-order valence-electron chi connectivity index (χ3n) is 3.90. The Labute approximate surface area is 132 Å². The monoisotopic (exact) mass is 342 g/mol. The van der Waals surface area contributed by atoms with Crippen LogP contribution >= 0.6 is 12.6 Å². The van der Waals surface area contributed by atoms with Crippen molar-refractivity contribution in [1.29, 1.82) is 0 Å². The first-order chi connectivity index (χ1) is 10.4. The van der Waals surface area contributed by atoms with Crippen molar-refractivity contribution in [3.05, 3.63) is 0 Å². The zero-order chi connectivity index (χ0) is 16.4. The number of thiol groups is 1. The minimum absolute atomic E-state index is 0.0700. The van der Waals surface area contributed by atoms with Crippen molar-refractivity contribution in [2.24, 2.45) is 0 Å².